The van der Waals surface area contributed by atoms with Gasteiger partial charge >= 0.3 is 0 Å². The zero-order valence-corrected chi connectivity index (χ0v) is 8.26. The maximum atomic E-state index is 5.73. The Labute approximate surface area is 84.7 Å². The van der Waals surface area contributed by atoms with E-state index in [2.05, 4.69) is 15.0 Å². The molecule has 2 aromatic rings. The first-order valence-corrected chi connectivity index (χ1v) is 4.38. The van der Waals surface area contributed by atoms with Crippen LogP contribution in [0.2, 0.25) is 10.3 Å². The zero-order chi connectivity index (χ0) is 9.42. The highest BCUT2D eigenvalue weighted by Crippen LogP contribution is 2.21. The number of nitrogens with zero attached hydrogens (tertiary/aromatic N) is 3. The van der Waals surface area contributed by atoms with Crippen LogP contribution in [0.3, 0.4) is 0 Å². The van der Waals surface area contributed by atoms with Crippen LogP contribution in [-0.4, -0.2) is 15.0 Å². The molecule has 13 heavy (non-hydrogen) atoms. The molecule has 0 N–H and O–H groups in total. The van der Waals surface area contributed by atoms with Crippen molar-refractivity contribution in [2.75, 3.05) is 0 Å². The van der Waals surface area contributed by atoms with E-state index in [9.17, 15) is 0 Å². The van der Waals surface area contributed by atoms with E-state index in [1.165, 1.54) is 0 Å². The highest BCUT2D eigenvalue weighted by Gasteiger charge is 2.05. The monoisotopic (exact) mass is 213 g/mol. The third-order valence-electron chi connectivity index (χ3n) is 1.68. The number of fused-ring (bicyclic) bond motifs is 1. The summed E-state index contributed by atoms with van der Waals surface area (Å²) in [5.74, 6) is 0. The van der Waals surface area contributed by atoms with Gasteiger partial charge in [-0.05, 0) is 13.0 Å². The standard InChI is InChI=1S/C8H5Cl2N3/c1-4-6-5(2-3-11-4)12-7(9)8(10)13-6/h2-3H,1H3. The molecule has 0 radical (unpaired) electrons. The summed E-state index contributed by atoms with van der Waals surface area (Å²) in [4.78, 5) is 12.2. The van der Waals surface area contributed by atoms with Crippen molar-refractivity contribution in [2.45, 2.75) is 6.92 Å². The largest absolute Gasteiger partial charge is 0.259 e. The number of aromatic nitrogens is 3. The highest BCUT2D eigenvalue weighted by molar-refractivity contribution is 6.40. The molecule has 0 saturated carbocycles. The molecule has 66 valence electrons. The van der Waals surface area contributed by atoms with E-state index in [-0.39, 0.29) is 10.3 Å². The first-order valence-electron chi connectivity index (χ1n) is 3.63. The Kier molecular flexibility index (Phi) is 2.06. The lowest BCUT2D eigenvalue weighted by Crippen LogP contribution is -1.91. The summed E-state index contributed by atoms with van der Waals surface area (Å²) in [5.41, 5.74) is 2.20. The Bertz CT molecular complexity index is 470. The van der Waals surface area contributed by atoms with Crippen molar-refractivity contribution < 1.29 is 0 Å². The van der Waals surface area contributed by atoms with Crippen LogP contribution in [0, 0.1) is 6.92 Å². The van der Waals surface area contributed by atoms with E-state index in [0.29, 0.717) is 11.0 Å². The quantitative estimate of drug-likeness (QED) is 0.676. The molecule has 0 fully saturated rings. The molecular formula is C8H5Cl2N3. The van der Waals surface area contributed by atoms with Crippen molar-refractivity contribution >= 4 is 34.2 Å². The van der Waals surface area contributed by atoms with Crippen molar-refractivity contribution in [3.05, 3.63) is 28.3 Å². The lowest BCUT2D eigenvalue weighted by molar-refractivity contribution is 1.18. The van der Waals surface area contributed by atoms with Gasteiger partial charge in [0.1, 0.15) is 5.52 Å². The Hall–Kier alpha value is -0.930. The second-order valence-corrected chi connectivity index (χ2v) is 3.29. The van der Waals surface area contributed by atoms with Crippen molar-refractivity contribution in [1.29, 1.82) is 0 Å². The Morgan fingerprint density at radius 3 is 2.62 bits per heavy atom. The maximum Gasteiger partial charge on any atom is 0.167 e. The fraction of sp³-hybridized carbons (Fsp3) is 0.125. The van der Waals surface area contributed by atoms with Crippen molar-refractivity contribution in [3.8, 4) is 0 Å². The molecule has 0 aliphatic rings. The van der Waals surface area contributed by atoms with Crippen LogP contribution in [0.4, 0.5) is 0 Å². The minimum Gasteiger partial charge on any atom is -0.259 e. The Balaban J connectivity index is 2.89. The van der Waals surface area contributed by atoms with Gasteiger partial charge in [0, 0.05) is 6.20 Å². The minimum absolute atomic E-state index is 0.213. The molecular weight excluding hydrogens is 209 g/mol. The van der Waals surface area contributed by atoms with Gasteiger partial charge in [-0.15, -0.1) is 0 Å². The average Bonchev–Trinajstić information content (AvgIpc) is 2.09. The van der Waals surface area contributed by atoms with Crippen LogP contribution in [-0.2, 0) is 0 Å². The predicted molar refractivity (Wildman–Crippen MR) is 52.1 cm³/mol. The lowest BCUT2D eigenvalue weighted by atomic mass is 10.3. The van der Waals surface area contributed by atoms with Gasteiger partial charge in [0.05, 0.1) is 11.2 Å². The maximum absolute atomic E-state index is 5.73. The van der Waals surface area contributed by atoms with E-state index in [1.807, 2.05) is 6.92 Å². The minimum atomic E-state index is 0.213. The van der Waals surface area contributed by atoms with Gasteiger partial charge in [-0.25, -0.2) is 9.97 Å². The number of halogens is 2. The first-order chi connectivity index (χ1) is 6.18. The normalized spacial score (nSPS) is 10.7. The lowest BCUT2D eigenvalue weighted by Gasteiger charge is -2.00. The molecule has 3 nitrogen and oxygen atoms in total. The molecule has 0 aromatic carbocycles. The van der Waals surface area contributed by atoms with Crippen LogP contribution in [0.1, 0.15) is 5.69 Å². The summed E-state index contributed by atoms with van der Waals surface area (Å²) in [7, 11) is 0. The van der Waals surface area contributed by atoms with E-state index >= 15 is 0 Å². The fourth-order valence-electron chi connectivity index (χ4n) is 1.07. The van der Waals surface area contributed by atoms with Gasteiger partial charge in [0.25, 0.3) is 0 Å². The summed E-state index contributed by atoms with van der Waals surface area (Å²) in [6.07, 6.45) is 1.66. The van der Waals surface area contributed by atoms with Crippen molar-refractivity contribution in [2.24, 2.45) is 0 Å². The van der Waals surface area contributed by atoms with Crippen molar-refractivity contribution in [3.63, 3.8) is 0 Å². The summed E-state index contributed by atoms with van der Waals surface area (Å²) in [6.45, 7) is 1.85. The van der Waals surface area contributed by atoms with Crippen LogP contribution in [0.15, 0.2) is 12.3 Å². The summed E-state index contributed by atoms with van der Waals surface area (Å²) >= 11 is 11.4. The topological polar surface area (TPSA) is 38.7 Å². The smallest absolute Gasteiger partial charge is 0.167 e. The summed E-state index contributed by atoms with van der Waals surface area (Å²) in [6, 6.07) is 1.75. The molecule has 5 heteroatoms. The average molecular weight is 214 g/mol. The second kappa shape index (κ2) is 3.09. The summed E-state index contributed by atoms with van der Waals surface area (Å²) in [5, 5.41) is 0.435. The Morgan fingerprint density at radius 2 is 1.85 bits per heavy atom. The predicted octanol–water partition coefficient (Wildman–Crippen LogP) is 2.64. The molecule has 2 heterocycles. The van der Waals surface area contributed by atoms with Gasteiger partial charge < -0.3 is 0 Å². The van der Waals surface area contributed by atoms with Crippen LogP contribution in [0.5, 0.6) is 0 Å². The molecule has 0 atom stereocenters. The SMILES string of the molecule is Cc1nccc2nc(Cl)c(Cl)nc12. The number of hydrogen-bond donors (Lipinski definition) is 0. The van der Waals surface area contributed by atoms with Gasteiger partial charge in [-0.1, -0.05) is 23.2 Å². The third kappa shape index (κ3) is 1.45. The number of pyridine rings is 1. The Morgan fingerprint density at radius 1 is 1.15 bits per heavy atom. The van der Waals surface area contributed by atoms with Crippen molar-refractivity contribution in [1.82, 2.24) is 15.0 Å². The molecule has 0 unspecified atom stereocenters. The van der Waals surface area contributed by atoms with E-state index in [0.717, 1.165) is 5.69 Å². The number of rotatable bonds is 0. The number of aryl methyl sites for hydroxylation is 1. The third-order valence-corrected chi connectivity index (χ3v) is 2.31. The van der Waals surface area contributed by atoms with Crippen LogP contribution < -0.4 is 0 Å². The van der Waals surface area contributed by atoms with Gasteiger partial charge in [0.2, 0.25) is 0 Å². The van der Waals surface area contributed by atoms with Gasteiger partial charge in [0.15, 0.2) is 10.3 Å². The molecule has 0 saturated heterocycles. The van der Waals surface area contributed by atoms with E-state index in [4.69, 9.17) is 23.2 Å². The van der Waals surface area contributed by atoms with Gasteiger partial charge in [-0.3, -0.25) is 4.98 Å². The first kappa shape index (κ1) is 8.66. The van der Waals surface area contributed by atoms with Crippen LogP contribution in [0.25, 0.3) is 11.0 Å². The molecule has 2 aromatic heterocycles. The molecule has 2 rings (SSSR count). The molecule has 0 aliphatic carbocycles. The van der Waals surface area contributed by atoms with Gasteiger partial charge in [-0.2, -0.15) is 0 Å². The zero-order valence-electron chi connectivity index (χ0n) is 6.75. The molecule has 0 amide bonds. The van der Waals surface area contributed by atoms with E-state index < -0.39 is 0 Å². The van der Waals surface area contributed by atoms with E-state index in [1.54, 1.807) is 12.3 Å². The molecule has 0 bridgehead atoms. The number of hydrogen-bond acceptors (Lipinski definition) is 3. The highest BCUT2D eigenvalue weighted by atomic mass is 35.5. The summed E-state index contributed by atoms with van der Waals surface area (Å²) < 4.78 is 0. The molecule has 0 aliphatic heterocycles. The molecule has 0 spiro atoms. The van der Waals surface area contributed by atoms with Crippen LogP contribution >= 0.6 is 23.2 Å². The fourth-order valence-corrected chi connectivity index (χ4v) is 1.33. The second-order valence-electron chi connectivity index (χ2n) is 2.57.